The van der Waals surface area contributed by atoms with Gasteiger partial charge in [-0.3, -0.25) is 9.69 Å². The molecule has 0 bridgehead atoms. The van der Waals surface area contributed by atoms with Crippen LogP contribution in [0, 0.1) is 0 Å². The van der Waals surface area contributed by atoms with Crippen LogP contribution in [-0.2, 0) is 17.8 Å². The summed E-state index contributed by atoms with van der Waals surface area (Å²) in [7, 11) is 0. The van der Waals surface area contributed by atoms with Crippen molar-refractivity contribution in [3.8, 4) is 0 Å². The van der Waals surface area contributed by atoms with Gasteiger partial charge in [0.25, 0.3) is 0 Å². The second-order valence-corrected chi connectivity index (χ2v) is 8.66. The Kier molecular flexibility index (Phi) is 6.35. The third kappa shape index (κ3) is 5.01. The molecule has 2 heterocycles. The van der Waals surface area contributed by atoms with E-state index in [-0.39, 0.29) is 11.9 Å². The van der Waals surface area contributed by atoms with E-state index in [0.717, 1.165) is 22.5 Å². The van der Waals surface area contributed by atoms with Gasteiger partial charge in [-0.2, -0.15) is 0 Å². The maximum atomic E-state index is 13.1. The number of nitrogens with one attached hydrogen (secondary N) is 1. The molecule has 1 saturated heterocycles. The molecule has 3 amide bonds. The van der Waals surface area contributed by atoms with Crippen molar-refractivity contribution in [3.63, 3.8) is 0 Å². The highest BCUT2D eigenvalue weighted by Gasteiger charge is 2.27. The fourth-order valence-corrected chi connectivity index (χ4v) is 4.47. The van der Waals surface area contributed by atoms with Crippen molar-refractivity contribution in [1.82, 2.24) is 4.90 Å². The SMILES string of the molecule is O=C(Cc1cccs1)Nc1cccc(N2CCCN(Cc3cccc(Cl)c3)C2=O)c1. The first-order valence-corrected chi connectivity index (χ1v) is 11.1. The van der Waals surface area contributed by atoms with E-state index in [1.807, 2.05) is 70.9 Å². The second kappa shape index (κ2) is 9.32. The summed E-state index contributed by atoms with van der Waals surface area (Å²) in [6.07, 6.45) is 1.22. The van der Waals surface area contributed by atoms with E-state index < -0.39 is 0 Å². The van der Waals surface area contributed by atoms with Gasteiger partial charge in [0.05, 0.1) is 6.42 Å². The summed E-state index contributed by atoms with van der Waals surface area (Å²) in [6.45, 7) is 1.88. The van der Waals surface area contributed by atoms with Crippen LogP contribution < -0.4 is 10.2 Å². The molecule has 0 spiro atoms. The normalized spacial score (nSPS) is 14.1. The average molecular weight is 440 g/mol. The number of amides is 3. The molecule has 4 rings (SSSR count). The highest BCUT2D eigenvalue weighted by molar-refractivity contribution is 7.10. The maximum Gasteiger partial charge on any atom is 0.324 e. The Balaban J connectivity index is 1.44. The lowest BCUT2D eigenvalue weighted by Crippen LogP contribution is -2.49. The van der Waals surface area contributed by atoms with E-state index in [1.54, 1.807) is 16.2 Å². The van der Waals surface area contributed by atoms with E-state index in [9.17, 15) is 9.59 Å². The molecule has 0 unspecified atom stereocenters. The zero-order chi connectivity index (χ0) is 20.9. The van der Waals surface area contributed by atoms with Crippen LogP contribution in [0.15, 0.2) is 66.0 Å². The van der Waals surface area contributed by atoms with Crippen molar-refractivity contribution < 1.29 is 9.59 Å². The van der Waals surface area contributed by atoms with E-state index in [4.69, 9.17) is 11.6 Å². The van der Waals surface area contributed by atoms with Crippen LogP contribution in [0.25, 0.3) is 0 Å². The number of nitrogens with zero attached hydrogens (tertiary/aromatic N) is 2. The van der Waals surface area contributed by atoms with E-state index in [0.29, 0.717) is 36.8 Å². The largest absolute Gasteiger partial charge is 0.326 e. The quantitative estimate of drug-likeness (QED) is 0.557. The molecule has 0 radical (unpaired) electrons. The summed E-state index contributed by atoms with van der Waals surface area (Å²) < 4.78 is 0. The molecule has 1 aliphatic heterocycles. The number of benzene rings is 2. The van der Waals surface area contributed by atoms with Crippen molar-refractivity contribution in [3.05, 3.63) is 81.5 Å². The summed E-state index contributed by atoms with van der Waals surface area (Å²) in [4.78, 5) is 30.0. The topological polar surface area (TPSA) is 52.7 Å². The van der Waals surface area contributed by atoms with Crippen molar-refractivity contribution >= 4 is 46.3 Å². The molecule has 1 aliphatic rings. The van der Waals surface area contributed by atoms with Gasteiger partial charge in [-0.25, -0.2) is 4.79 Å². The predicted octanol–water partition coefficient (Wildman–Crippen LogP) is 5.42. The zero-order valence-electron chi connectivity index (χ0n) is 16.4. The minimum absolute atomic E-state index is 0.0386. The van der Waals surface area contributed by atoms with Gasteiger partial charge >= 0.3 is 6.03 Å². The fraction of sp³-hybridized carbons (Fsp3) is 0.217. The van der Waals surface area contributed by atoms with Crippen LogP contribution >= 0.6 is 22.9 Å². The predicted molar refractivity (Wildman–Crippen MR) is 122 cm³/mol. The molecule has 1 aromatic heterocycles. The van der Waals surface area contributed by atoms with Gasteiger partial charge in [-0.05, 0) is 53.8 Å². The second-order valence-electron chi connectivity index (χ2n) is 7.19. The molecule has 5 nitrogen and oxygen atoms in total. The Hall–Kier alpha value is -2.83. The third-order valence-corrected chi connectivity index (χ3v) is 6.04. The van der Waals surface area contributed by atoms with Gasteiger partial charge < -0.3 is 10.2 Å². The zero-order valence-corrected chi connectivity index (χ0v) is 18.0. The molecule has 30 heavy (non-hydrogen) atoms. The highest BCUT2D eigenvalue weighted by atomic mass is 35.5. The molecule has 0 atom stereocenters. The minimum Gasteiger partial charge on any atom is -0.326 e. The van der Waals surface area contributed by atoms with Crippen LogP contribution in [0.3, 0.4) is 0 Å². The number of carbonyl (C=O) groups excluding carboxylic acids is 2. The molecule has 154 valence electrons. The van der Waals surface area contributed by atoms with Gasteiger partial charge in [0.15, 0.2) is 0 Å². The lowest BCUT2D eigenvalue weighted by molar-refractivity contribution is -0.115. The van der Waals surface area contributed by atoms with Gasteiger partial charge in [-0.1, -0.05) is 35.9 Å². The summed E-state index contributed by atoms with van der Waals surface area (Å²) >= 11 is 7.64. The summed E-state index contributed by atoms with van der Waals surface area (Å²) in [5.74, 6) is -0.0675. The van der Waals surface area contributed by atoms with Crippen LogP contribution in [-0.4, -0.2) is 29.9 Å². The van der Waals surface area contributed by atoms with Crippen molar-refractivity contribution in [2.24, 2.45) is 0 Å². The van der Waals surface area contributed by atoms with Crippen LogP contribution in [0.1, 0.15) is 16.9 Å². The van der Waals surface area contributed by atoms with E-state index >= 15 is 0 Å². The Morgan fingerprint density at radius 1 is 1.07 bits per heavy atom. The summed E-state index contributed by atoms with van der Waals surface area (Å²) in [6, 6.07) is 18.9. The van der Waals surface area contributed by atoms with Crippen molar-refractivity contribution in [2.45, 2.75) is 19.4 Å². The Morgan fingerprint density at radius 2 is 1.93 bits per heavy atom. The number of hydrogen-bond acceptors (Lipinski definition) is 3. The fourth-order valence-electron chi connectivity index (χ4n) is 3.55. The van der Waals surface area contributed by atoms with Gasteiger partial charge in [0, 0.05) is 40.9 Å². The van der Waals surface area contributed by atoms with E-state index in [1.165, 1.54) is 0 Å². The number of rotatable bonds is 6. The van der Waals surface area contributed by atoms with E-state index in [2.05, 4.69) is 5.32 Å². The lowest BCUT2D eigenvalue weighted by Gasteiger charge is -2.36. The smallest absolute Gasteiger partial charge is 0.324 e. The van der Waals surface area contributed by atoms with Crippen LogP contribution in [0.5, 0.6) is 0 Å². The number of halogens is 1. The molecule has 1 N–H and O–H groups in total. The molecule has 0 aliphatic carbocycles. The number of anilines is 2. The number of carbonyl (C=O) groups is 2. The van der Waals surface area contributed by atoms with Crippen LogP contribution in [0.4, 0.5) is 16.2 Å². The van der Waals surface area contributed by atoms with Crippen molar-refractivity contribution in [2.75, 3.05) is 23.3 Å². The minimum atomic E-state index is -0.0675. The summed E-state index contributed by atoms with van der Waals surface area (Å²) in [5, 5.41) is 5.56. The number of hydrogen-bond donors (Lipinski definition) is 1. The first kappa shape index (κ1) is 20.4. The first-order chi connectivity index (χ1) is 14.6. The van der Waals surface area contributed by atoms with Gasteiger partial charge in [0.1, 0.15) is 0 Å². The van der Waals surface area contributed by atoms with Crippen molar-refractivity contribution in [1.29, 1.82) is 0 Å². The average Bonchev–Trinajstić information content (AvgIpc) is 3.23. The summed E-state index contributed by atoms with van der Waals surface area (Å²) in [5.41, 5.74) is 2.48. The number of urea groups is 1. The first-order valence-electron chi connectivity index (χ1n) is 9.82. The Morgan fingerprint density at radius 3 is 2.73 bits per heavy atom. The molecular formula is C23H22ClN3O2S. The monoisotopic (exact) mass is 439 g/mol. The molecule has 7 heteroatoms. The molecular weight excluding hydrogens is 418 g/mol. The highest BCUT2D eigenvalue weighted by Crippen LogP contribution is 2.25. The molecule has 3 aromatic rings. The third-order valence-electron chi connectivity index (χ3n) is 4.93. The lowest BCUT2D eigenvalue weighted by atomic mass is 10.1. The Labute approximate surface area is 184 Å². The number of thiophene rings is 1. The van der Waals surface area contributed by atoms with Gasteiger partial charge in [0.2, 0.25) is 5.91 Å². The molecule has 2 aromatic carbocycles. The Bertz CT molecular complexity index is 1040. The van der Waals surface area contributed by atoms with Gasteiger partial charge in [-0.15, -0.1) is 11.3 Å². The molecule has 1 fully saturated rings. The van der Waals surface area contributed by atoms with Crippen LogP contribution in [0.2, 0.25) is 5.02 Å². The standard InChI is InChI=1S/C23H22ClN3O2S/c24-18-6-1-5-17(13-18)16-26-10-4-11-27(23(26)29)20-8-2-7-19(14-20)25-22(28)15-21-9-3-12-30-21/h1-3,5-9,12-14H,4,10-11,15-16H2,(H,25,28). The maximum absolute atomic E-state index is 13.1. The molecule has 0 saturated carbocycles.